The number of hydrogen-bond donors (Lipinski definition) is 2. The van der Waals surface area contributed by atoms with Crippen molar-refractivity contribution >= 4 is 29.1 Å². The third-order valence-electron chi connectivity index (χ3n) is 5.16. The van der Waals surface area contributed by atoms with E-state index in [0.717, 1.165) is 13.1 Å². The van der Waals surface area contributed by atoms with Gasteiger partial charge in [-0.2, -0.15) is 0 Å². The van der Waals surface area contributed by atoms with Crippen LogP contribution in [-0.4, -0.2) is 46.2 Å². The second kappa shape index (κ2) is 7.11. The Hall–Kier alpha value is -2.45. The molecule has 2 aliphatic heterocycles. The lowest BCUT2D eigenvalue weighted by Gasteiger charge is -2.61. The molecule has 7 nitrogen and oxygen atoms in total. The standard InChI is InChI=1S/C20H23ClFN5O2/c1-19(2,3)29-18(28)27-10-20(8-24-9-20)17(27)16-15(7-23-11-25-16)26-14-5-4-12(22)6-13(14)21/h4-7,11,17,24,26H,8-10H2,1-3H3. The number of carbonyl (C=O) groups is 1. The molecule has 1 amide bonds. The summed E-state index contributed by atoms with van der Waals surface area (Å²) in [5.74, 6) is -0.417. The van der Waals surface area contributed by atoms with Gasteiger partial charge in [-0.1, -0.05) is 11.6 Å². The summed E-state index contributed by atoms with van der Waals surface area (Å²) in [6.45, 7) is 7.70. The minimum Gasteiger partial charge on any atom is -0.444 e. The van der Waals surface area contributed by atoms with Gasteiger partial charge in [-0.25, -0.2) is 19.2 Å². The Morgan fingerprint density at radius 1 is 1.38 bits per heavy atom. The second-order valence-electron chi connectivity index (χ2n) is 8.55. The van der Waals surface area contributed by atoms with Crippen molar-refractivity contribution in [3.8, 4) is 0 Å². The Morgan fingerprint density at radius 3 is 2.76 bits per heavy atom. The van der Waals surface area contributed by atoms with Crippen LogP contribution in [0, 0.1) is 11.2 Å². The van der Waals surface area contributed by atoms with Gasteiger partial charge in [-0.15, -0.1) is 0 Å². The first-order chi connectivity index (χ1) is 13.7. The molecule has 9 heteroatoms. The summed E-state index contributed by atoms with van der Waals surface area (Å²) in [5, 5.41) is 6.73. The first kappa shape index (κ1) is 19.8. The topological polar surface area (TPSA) is 79.4 Å². The molecular weight excluding hydrogens is 397 g/mol. The lowest BCUT2D eigenvalue weighted by atomic mass is 9.65. The van der Waals surface area contributed by atoms with Crippen LogP contribution in [0.2, 0.25) is 5.02 Å². The third kappa shape index (κ3) is 3.74. The van der Waals surface area contributed by atoms with Crippen molar-refractivity contribution in [2.45, 2.75) is 32.4 Å². The monoisotopic (exact) mass is 419 g/mol. The Balaban J connectivity index is 1.66. The van der Waals surface area contributed by atoms with Gasteiger partial charge in [-0.3, -0.25) is 4.90 Å². The van der Waals surface area contributed by atoms with Gasteiger partial charge in [0.2, 0.25) is 0 Å². The van der Waals surface area contributed by atoms with Crippen LogP contribution in [0.25, 0.3) is 0 Å². The molecule has 0 aliphatic carbocycles. The number of carbonyl (C=O) groups excluding carboxylic acids is 1. The van der Waals surface area contributed by atoms with E-state index in [1.807, 2.05) is 20.8 Å². The van der Waals surface area contributed by atoms with Crippen molar-refractivity contribution in [3.63, 3.8) is 0 Å². The van der Waals surface area contributed by atoms with Crippen molar-refractivity contribution in [1.82, 2.24) is 20.2 Å². The minimum absolute atomic E-state index is 0.0890. The van der Waals surface area contributed by atoms with Crippen LogP contribution >= 0.6 is 11.6 Å². The van der Waals surface area contributed by atoms with Crippen LogP contribution in [0.5, 0.6) is 0 Å². The zero-order valence-electron chi connectivity index (χ0n) is 16.5. The maximum atomic E-state index is 13.4. The van der Waals surface area contributed by atoms with Crippen LogP contribution in [0.15, 0.2) is 30.7 Å². The number of benzene rings is 1. The van der Waals surface area contributed by atoms with E-state index < -0.39 is 11.4 Å². The highest BCUT2D eigenvalue weighted by Gasteiger charge is 2.60. The van der Waals surface area contributed by atoms with Crippen LogP contribution in [0.1, 0.15) is 32.5 Å². The number of anilines is 2. The summed E-state index contributed by atoms with van der Waals surface area (Å²) < 4.78 is 19.0. The number of likely N-dealkylation sites (tertiary alicyclic amines) is 1. The molecule has 4 rings (SSSR count). The molecule has 1 atom stereocenters. The molecule has 1 spiro atoms. The van der Waals surface area contributed by atoms with Crippen molar-refractivity contribution in [3.05, 3.63) is 47.3 Å². The Morgan fingerprint density at radius 2 is 2.14 bits per heavy atom. The quantitative estimate of drug-likeness (QED) is 0.785. The van der Waals surface area contributed by atoms with E-state index in [1.165, 1.54) is 18.5 Å². The van der Waals surface area contributed by atoms with Crippen LogP contribution in [0.3, 0.4) is 0 Å². The third-order valence-corrected chi connectivity index (χ3v) is 5.47. The number of rotatable bonds is 3. The normalized spacial score (nSPS) is 20.0. The van der Waals surface area contributed by atoms with Gasteiger partial charge >= 0.3 is 6.09 Å². The highest BCUT2D eigenvalue weighted by molar-refractivity contribution is 6.33. The number of halogens is 2. The van der Waals surface area contributed by atoms with Gasteiger partial charge in [0.15, 0.2) is 0 Å². The molecular formula is C20H23ClFN5O2. The molecule has 2 saturated heterocycles. The van der Waals surface area contributed by atoms with E-state index in [-0.39, 0.29) is 22.6 Å². The number of nitrogens with one attached hydrogen (secondary N) is 2. The number of amides is 1. The van der Waals surface area contributed by atoms with E-state index in [4.69, 9.17) is 16.3 Å². The molecule has 29 heavy (non-hydrogen) atoms. The summed E-state index contributed by atoms with van der Waals surface area (Å²) in [7, 11) is 0. The molecule has 154 valence electrons. The molecule has 1 aromatic heterocycles. The molecule has 2 aromatic rings. The van der Waals surface area contributed by atoms with Crippen molar-refractivity contribution in [2.75, 3.05) is 25.0 Å². The van der Waals surface area contributed by atoms with Crippen LogP contribution in [0.4, 0.5) is 20.6 Å². The molecule has 3 heterocycles. The summed E-state index contributed by atoms with van der Waals surface area (Å²) >= 11 is 6.17. The molecule has 2 fully saturated rings. The van der Waals surface area contributed by atoms with E-state index in [0.29, 0.717) is 23.6 Å². The first-order valence-corrected chi connectivity index (χ1v) is 9.79. The molecule has 0 radical (unpaired) electrons. The zero-order chi connectivity index (χ0) is 20.8. The van der Waals surface area contributed by atoms with E-state index >= 15 is 0 Å². The van der Waals surface area contributed by atoms with Crippen LogP contribution in [-0.2, 0) is 4.74 Å². The van der Waals surface area contributed by atoms with Crippen molar-refractivity contribution in [2.24, 2.45) is 5.41 Å². The fraction of sp³-hybridized carbons (Fsp3) is 0.450. The highest BCUT2D eigenvalue weighted by Crippen LogP contribution is 2.52. The predicted octanol–water partition coefficient (Wildman–Crippen LogP) is 3.89. The zero-order valence-corrected chi connectivity index (χ0v) is 17.3. The summed E-state index contributed by atoms with van der Waals surface area (Å²) in [5.41, 5.74) is 1.16. The Bertz CT molecular complexity index is 945. The van der Waals surface area contributed by atoms with Gasteiger partial charge in [0.05, 0.1) is 34.3 Å². The predicted molar refractivity (Wildman–Crippen MR) is 108 cm³/mol. The summed E-state index contributed by atoms with van der Waals surface area (Å²) in [6.07, 6.45) is 2.72. The van der Waals surface area contributed by atoms with Crippen molar-refractivity contribution in [1.29, 1.82) is 0 Å². The first-order valence-electron chi connectivity index (χ1n) is 9.41. The largest absolute Gasteiger partial charge is 0.444 e. The van der Waals surface area contributed by atoms with E-state index in [1.54, 1.807) is 17.2 Å². The van der Waals surface area contributed by atoms with E-state index in [9.17, 15) is 9.18 Å². The Kier molecular flexibility index (Phi) is 4.86. The second-order valence-corrected chi connectivity index (χ2v) is 8.95. The summed E-state index contributed by atoms with van der Waals surface area (Å²) in [4.78, 5) is 23.1. The SMILES string of the molecule is CC(C)(C)OC(=O)N1CC2(CNC2)C1c1ncncc1Nc1ccc(F)cc1Cl. The number of ether oxygens (including phenoxy) is 1. The highest BCUT2D eigenvalue weighted by atomic mass is 35.5. The molecule has 0 saturated carbocycles. The fourth-order valence-corrected chi connectivity index (χ4v) is 4.02. The number of nitrogens with zero attached hydrogens (tertiary/aromatic N) is 3. The van der Waals surface area contributed by atoms with Gasteiger partial charge in [0, 0.05) is 25.0 Å². The van der Waals surface area contributed by atoms with Gasteiger partial charge in [0.1, 0.15) is 17.7 Å². The Labute approximate surface area is 173 Å². The molecule has 2 aliphatic rings. The molecule has 1 aromatic carbocycles. The number of aromatic nitrogens is 2. The fourth-order valence-electron chi connectivity index (χ4n) is 3.80. The average Bonchev–Trinajstić information content (AvgIpc) is 2.55. The maximum Gasteiger partial charge on any atom is 0.410 e. The smallest absolute Gasteiger partial charge is 0.410 e. The van der Waals surface area contributed by atoms with Gasteiger partial charge < -0.3 is 15.4 Å². The summed E-state index contributed by atoms with van der Waals surface area (Å²) in [6, 6.07) is 3.86. The lowest BCUT2D eigenvalue weighted by molar-refractivity contribution is -0.109. The molecule has 1 unspecified atom stereocenters. The van der Waals surface area contributed by atoms with Crippen LogP contribution < -0.4 is 10.6 Å². The van der Waals surface area contributed by atoms with E-state index in [2.05, 4.69) is 20.6 Å². The van der Waals surface area contributed by atoms with Gasteiger partial charge in [0.25, 0.3) is 0 Å². The minimum atomic E-state index is -0.587. The molecule has 0 bridgehead atoms. The maximum absolute atomic E-state index is 13.4. The number of hydrogen-bond acceptors (Lipinski definition) is 6. The average molecular weight is 420 g/mol. The molecule has 2 N–H and O–H groups in total. The van der Waals surface area contributed by atoms with Crippen molar-refractivity contribution < 1.29 is 13.9 Å². The van der Waals surface area contributed by atoms with Gasteiger partial charge in [-0.05, 0) is 39.0 Å². The lowest BCUT2D eigenvalue weighted by Crippen LogP contribution is -2.73.